The Balaban J connectivity index is 2.01. The lowest BCUT2D eigenvalue weighted by Gasteiger charge is -2.33. The van der Waals surface area contributed by atoms with Gasteiger partial charge in [-0.15, -0.1) is 0 Å². The number of ether oxygens (including phenoxy) is 1. The van der Waals surface area contributed by atoms with Crippen molar-refractivity contribution in [3.8, 4) is 5.75 Å². The summed E-state index contributed by atoms with van der Waals surface area (Å²) in [4.78, 5) is 28.7. The van der Waals surface area contributed by atoms with E-state index in [0.717, 1.165) is 22.7 Å². The summed E-state index contributed by atoms with van der Waals surface area (Å²) in [5.41, 5.74) is 1.06. The van der Waals surface area contributed by atoms with Gasteiger partial charge < -0.3 is 15.0 Å². The number of carbonyl (C=O) groups is 2. The van der Waals surface area contributed by atoms with Crippen LogP contribution in [0.15, 0.2) is 83.8 Å². The van der Waals surface area contributed by atoms with E-state index in [-0.39, 0.29) is 23.0 Å². The molecule has 0 unspecified atom stereocenters. The van der Waals surface area contributed by atoms with Gasteiger partial charge in [-0.2, -0.15) is 0 Å². The van der Waals surface area contributed by atoms with E-state index in [9.17, 15) is 18.0 Å². The topological polar surface area (TPSA) is 96.0 Å². The number of anilines is 1. The Kier molecular flexibility index (Phi) is 11.4. The highest BCUT2D eigenvalue weighted by atomic mass is 35.5. The number of methoxy groups -OCH3 is 1. The van der Waals surface area contributed by atoms with Crippen LogP contribution in [0.1, 0.15) is 38.7 Å². The van der Waals surface area contributed by atoms with Gasteiger partial charge in [0.05, 0.1) is 17.7 Å². The van der Waals surface area contributed by atoms with E-state index in [2.05, 4.69) is 5.32 Å². The highest BCUT2D eigenvalue weighted by molar-refractivity contribution is 7.92. The molecule has 0 aliphatic carbocycles. The van der Waals surface area contributed by atoms with Gasteiger partial charge in [0.25, 0.3) is 10.0 Å². The molecule has 3 aromatic carbocycles. The van der Waals surface area contributed by atoms with Gasteiger partial charge in [0.15, 0.2) is 0 Å². The van der Waals surface area contributed by atoms with Crippen LogP contribution < -0.4 is 14.4 Å². The third-order valence-corrected chi connectivity index (χ3v) is 8.49. The molecule has 0 fully saturated rings. The maximum atomic E-state index is 14.0. The molecule has 0 bridgehead atoms. The second-order valence-corrected chi connectivity index (χ2v) is 11.5. The molecule has 40 heavy (non-hydrogen) atoms. The Morgan fingerprint density at radius 1 is 0.950 bits per heavy atom. The van der Waals surface area contributed by atoms with Crippen molar-refractivity contribution in [3.05, 3.63) is 89.4 Å². The van der Waals surface area contributed by atoms with E-state index < -0.39 is 28.5 Å². The van der Waals surface area contributed by atoms with Gasteiger partial charge in [-0.25, -0.2) is 8.42 Å². The number of hydrogen-bond acceptors (Lipinski definition) is 5. The van der Waals surface area contributed by atoms with Crippen LogP contribution >= 0.6 is 11.6 Å². The molecule has 0 aliphatic heterocycles. The molecule has 0 saturated carbocycles. The van der Waals surface area contributed by atoms with E-state index in [1.165, 1.54) is 17.0 Å². The number of carbonyl (C=O) groups excluding carboxylic acids is 2. The second kappa shape index (κ2) is 14.7. The number of nitrogens with zero attached hydrogens (tertiary/aromatic N) is 2. The summed E-state index contributed by atoms with van der Waals surface area (Å²) in [5.74, 6) is -0.126. The lowest BCUT2D eigenvalue weighted by atomic mass is 10.1. The first kappa shape index (κ1) is 31.0. The molecule has 0 heterocycles. The summed E-state index contributed by atoms with van der Waals surface area (Å²) >= 11 is 6.07. The van der Waals surface area contributed by atoms with Crippen LogP contribution in [-0.4, -0.2) is 51.4 Å². The van der Waals surface area contributed by atoms with E-state index in [4.69, 9.17) is 16.3 Å². The monoisotopic (exact) mass is 585 g/mol. The zero-order valence-corrected chi connectivity index (χ0v) is 24.6. The summed E-state index contributed by atoms with van der Waals surface area (Å²) in [5, 5.41) is 3.36. The predicted molar refractivity (Wildman–Crippen MR) is 158 cm³/mol. The van der Waals surface area contributed by atoms with Crippen LogP contribution in [0.25, 0.3) is 0 Å². The molecule has 8 nitrogen and oxygen atoms in total. The van der Waals surface area contributed by atoms with Crippen molar-refractivity contribution in [2.75, 3.05) is 24.5 Å². The number of amides is 2. The average Bonchev–Trinajstić information content (AvgIpc) is 2.97. The largest absolute Gasteiger partial charge is 0.497 e. The van der Waals surface area contributed by atoms with Gasteiger partial charge in [0.1, 0.15) is 18.3 Å². The Labute approximate surface area is 241 Å². The van der Waals surface area contributed by atoms with Crippen LogP contribution in [0, 0.1) is 0 Å². The minimum absolute atomic E-state index is 0.0452. The highest BCUT2D eigenvalue weighted by Gasteiger charge is 2.33. The number of benzene rings is 3. The second-order valence-electron chi connectivity index (χ2n) is 9.24. The van der Waals surface area contributed by atoms with Crippen molar-refractivity contribution in [3.63, 3.8) is 0 Å². The Morgan fingerprint density at radius 3 is 2.17 bits per heavy atom. The molecule has 3 rings (SSSR count). The van der Waals surface area contributed by atoms with Crippen LogP contribution in [-0.2, 0) is 26.2 Å². The van der Waals surface area contributed by atoms with Crippen molar-refractivity contribution in [2.45, 2.75) is 50.6 Å². The van der Waals surface area contributed by atoms with Gasteiger partial charge >= 0.3 is 0 Å². The standard InChI is InChI=1S/C30H36ClN3O5S/c1-4-6-20-32-30(36)28(5-2)33(21-23-12-18-26(39-3)19-13-23)29(35)22-34(25-16-14-24(31)15-17-25)40(37,38)27-10-8-7-9-11-27/h7-19,28H,4-6,20-22H2,1-3H3,(H,32,36)/t28-/m0/s1. The summed E-state index contributed by atoms with van der Waals surface area (Å²) in [6, 6.07) is 20.6. The zero-order valence-electron chi connectivity index (χ0n) is 23.0. The lowest BCUT2D eigenvalue weighted by molar-refractivity contribution is -0.140. The first-order valence-electron chi connectivity index (χ1n) is 13.2. The third kappa shape index (κ3) is 7.99. The number of halogens is 1. The molecular weight excluding hydrogens is 550 g/mol. The molecule has 1 N–H and O–H groups in total. The molecular formula is C30H36ClN3O5S. The average molecular weight is 586 g/mol. The van der Waals surface area contributed by atoms with E-state index in [1.807, 2.05) is 26.0 Å². The molecule has 1 atom stereocenters. The van der Waals surface area contributed by atoms with Gasteiger partial charge in [0, 0.05) is 18.1 Å². The molecule has 10 heteroatoms. The molecule has 0 aromatic heterocycles. The lowest BCUT2D eigenvalue weighted by Crippen LogP contribution is -2.52. The number of hydrogen-bond donors (Lipinski definition) is 1. The van der Waals surface area contributed by atoms with Gasteiger partial charge in [-0.05, 0) is 66.9 Å². The van der Waals surface area contributed by atoms with Gasteiger partial charge in [0.2, 0.25) is 11.8 Å². The zero-order chi connectivity index (χ0) is 29.1. The van der Waals surface area contributed by atoms with Crippen molar-refractivity contribution in [1.29, 1.82) is 0 Å². The smallest absolute Gasteiger partial charge is 0.264 e. The Morgan fingerprint density at radius 2 is 1.60 bits per heavy atom. The maximum Gasteiger partial charge on any atom is 0.264 e. The maximum absolute atomic E-state index is 14.0. The first-order valence-corrected chi connectivity index (χ1v) is 15.1. The molecule has 0 aliphatic rings. The third-order valence-electron chi connectivity index (χ3n) is 6.45. The van der Waals surface area contributed by atoms with Crippen molar-refractivity contribution in [1.82, 2.24) is 10.2 Å². The molecule has 0 spiro atoms. The Hall–Kier alpha value is -3.56. The summed E-state index contributed by atoms with van der Waals surface area (Å²) in [6.45, 7) is 3.96. The van der Waals surface area contributed by atoms with Crippen LogP contribution in [0.3, 0.4) is 0 Å². The van der Waals surface area contributed by atoms with Crippen LogP contribution in [0.2, 0.25) is 5.02 Å². The number of rotatable bonds is 14. The Bertz CT molecular complexity index is 1350. The van der Waals surface area contributed by atoms with E-state index in [1.54, 1.807) is 61.7 Å². The van der Waals surface area contributed by atoms with E-state index in [0.29, 0.717) is 23.7 Å². The number of sulfonamides is 1. The van der Waals surface area contributed by atoms with Crippen molar-refractivity contribution >= 4 is 39.1 Å². The minimum atomic E-state index is -4.12. The van der Waals surface area contributed by atoms with Gasteiger partial charge in [-0.1, -0.05) is 62.2 Å². The SMILES string of the molecule is CCCCNC(=O)[C@H](CC)N(Cc1ccc(OC)cc1)C(=O)CN(c1ccc(Cl)cc1)S(=O)(=O)c1ccccc1. The fourth-order valence-electron chi connectivity index (χ4n) is 4.21. The summed E-state index contributed by atoms with van der Waals surface area (Å²) in [6.07, 6.45) is 2.08. The first-order chi connectivity index (χ1) is 19.2. The van der Waals surface area contributed by atoms with Crippen LogP contribution in [0.5, 0.6) is 5.75 Å². The summed E-state index contributed by atoms with van der Waals surface area (Å²) < 4.78 is 33.9. The highest BCUT2D eigenvalue weighted by Crippen LogP contribution is 2.26. The number of nitrogens with one attached hydrogen (secondary N) is 1. The molecule has 0 saturated heterocycles. The molecule has 0 radical (unpaired) electrons. The minimum Gasteiger partial charge on any atom is -0.497 e. The van der Waals surface area contributed by atoms with Gasteiger partial charge in [-0.3, -0.25) is 13.9 Å². The molecule has 214 valence electrons. The predicted octanol–water partition coefficient (Wildman–Crippen LogP) is 5.27. The fraction of sp³-hybridized carbons (Fsp3) is 0.333. The molecule has 2 amide bonds. The van der Waals surface area contributed by atoms with E-state index >= 15 is 0 Å². The van der Waals surface area contributed by atoms with Crippen molar-refractivity contribution in [2.24, 2.45) is 0 Å². The normalized spacial score (nSPS) is 11.9. The van der Waals surface area contributed by atoms with Crippen LogP contribution in [0.4, 0.5) is 5.69 Å². The molecule has 3 aromatic rings. The van der Waals surface area contributed by atoms with Crippen molar-refractivity contribution < 1.29 is 22.7 Å². The summed E-state index contributed by atoms with van der Waals surface area (Å²) in [7, 11) is -2.56. The fourth-order valence-corrected chi connectivity index (χ4v) is 5.77. The quantitative estimate of drug-likeness (QED) is 0.260. The number of unbranched alkanes of at least 4 members (excludes halogenated alkanes) is 1.